The molecule has 3 heteroatoms. The fraction of sp³-hybridized carbons (Fsp3) is 0.250. The summed E-state index contributed by atoms with van der Waals surface area (Å²) >= 11 is 0. The number of aryl methyl sites for hydroxylation is 1. The van der Waals surface area contributed by atoms with E-state index < -0.39 is 0 Å². The number of nitrogens with two attached hydrogens (primary N) is 1. The highest BCUT2D eigenvalue weighted by atomic mass is 16.6. The predicted octanol–water partition coefficient (Wildman–Crippen LogP) is 3.27. The molecule has 0 bridgehead atoms. The monoisotopic (exact) mass is 255 g/mol. The standard InChI is InChI=1S/C16H17NO2/c1-2-11-3-4-12(9-14(11)17)13-5-6-15-16(10-13)19-8-7-18-15/h3-6,9-10H,2,7-8,17H2,1H3. The van der Waals surface area contributed by atoms with Gasteiger partial charge in [0.15, 0.2) is 11.5 Å². The van der Waals surface area contributed by atoms with E-state index in [1.807, 2.05) is 24.3 Å². The van der Waals surface area contributed by atoms with E-state index in [-0.39, 0.29) is 0 Å². The van der Waals surface area contributed by atoms with Crippen LogP contribution in [0.1, 0.15) is 12.5 Å². The van der Waals surface area contributed by atoms with Crippen LogP contribution in [0.2, 0.25) is 0 Å². The van der Waals surface area contributed by atoms with Crippen molar-refractivity contribution in [1.82, 2.24) is 0 Å². The number of anilines is 1. The zero-order valence-corrected chi connectivity index (χ0v) is 11.0. The Labute approximate surface area is 113 Å². The van der Waals surface area contributed by atoms with E-state index in [4.69, 9.17) is 15.2 Å². The molecule has 0 atom stereocenters. The first kappa shape index (κ1) is 11.9. The molecule has 0 saturated carbocycles. The van der Waals surface area contributed by atoms with E-state index in [0.717, 1.165) is 34.7 Å². The van der Waals surface area contributed by atoms with Crippen molar-refractivity contribution in [2.24, 2.45) is 0 Å². The van der Waals surface area contributed by atoms with Crippen molar-refractivity contribution in [1.29, 1.82) is 0 Å². The highest BCUT2D eigenvalue weighted by Crippen LogP contribution is 2.35. The maximum atomic E-state index is 6.05. The van der Waals surface area contributed by atoms with Gasteiger partial charge < -0.3 is 15.2 Å². The van der Waals surface area contributed by atoms with Gasteiger partial charge in [-0.2, -0.15) is 0 Å². The Hall–Kier alpha value is -2.16. The second-order valence-corrected chi connectivity index (χ2v) is 4.63. The normalized spacial score (nSPS) is 13.3. The molecular weight excluding hydrogens is 238 g/mol. The summed E-state index contributed by atoms with van der Waals surface area (Å²) in [5.41, 5.74) is 10.3. The zero-order chi connectivity index (χ0) is 13.2. The number of ether oxygens (including phenoxy) is 2. The Bertz CT molecular complexity index is 608. The molecule has 2 aromatic carbocycles. The van der Waals surface area contributed by atoms with Crippen molar-refractivity contribution in [2.45, 2.75) is 13.3 Å². The van der Waals surface area contributed by atoms with Gasteiger partial charge in [0.1, 0.15) is 13.2 Å². The highest BCUT2D eigenvalue weighted by Gasteiger charge is 2.12. The Morgan fingerprint density at radius 3 is 2.37 bits per heavy atom. The lowest BCUT2D eigenvalue weighted by Gasteiger charge is -2.19. The van der Waals surface area contributed by atoms with Gasteiger partial charge in [0.25, 0.3) is 0 Å². The Balaban J connectivity index is 2.00. The number of benzene rings is 2. The third-order valence-electron chi connectivity index (χ3n) is 3.40. The van der Waals surface area contributed by atoms with Crippen LogP contribution >= 0.6 is 0 Å². The second-order valence-electron chi connectivity index (χ2n) is 4.63. The van der Waals surface area contributed by atoms with Crippen LogP contribution in [0.4, 0.5) is 5.69 Å². The average molecular weight is 255 g/mol. The summed E-state index contributed by atoms with van der Waals surface area (Å²) in [5, 5.41) is 0. The molecule has 0 spiro atoms. The summed E-state index contributed by atoms with van der Waals surface area (Å²) in [6.45, 7) is 3.33. The van der Waals surface area contributed by atoms with Gasteiger partial charge in [0.05, 0.1) is 0 Å². The van der Waals surface area contributed by atoms with Crippen LogP contribution in [0, 0.1) is 0 Å². The predicted molar refractivity (Wildman–Crippen MR) is 76.7 cm³/mol. The molecule has 0 fully saturated rings. The largest absolute Gasteiger partial charge is 0.486 e. The third-order valence-corrected chi connectivity index (χ3v) is 3.40. The van der Waals surface area contributed by atoms with Gasteiger partial charge >= 0.3 is 0 Å². The summed E-state index contributed by atoms with van der Waals surface area (Å²) in [7, 11) is 0. The molecule has 3 rings (SSSR count). The lowest BCUT2D eigenvalue weighted by atomic mass is 10.0. The third kappa shape index (κ3) is 2.24. The number of hydrogen-bond donors (Lipinski definition) is 1. The Morgan fingerprint density at radius 1 is 0.947 bits per heavy atom. The molecule has 1 aliphatic heterocycles. The summed E-state index contributed by atoms with van der Waals surface area (Å²) in [4.78, 5) is 0. The van der Waals surface area contributed by atoms with Gasteiger partial charge in [0.2, 0.25) is 0 Å². The van der Waals surface area contributed by atoms with E-state index in [1.54, 1.807) is 0 Å². The molecule has 0 radical (unpaired) electrons. The minimum Gasteiger partial charge on any atom is -0.486 e. The molecule has 0 amide bonds. The first-order valence-corrected chi connectivity index (χ1v) is 6.56. The molecule has 2 N–H and O–H groups in total. The average Bonchev–Trinajstić information content (AvgIpc) is 2.46. The van der Waals surface area contributed by atoms with Gasteiger partial charge in [-0.15, -0.1) is 0 Å². The number of rotatable bonds is 2. The molecule has 1 aliphatic rings. The molecule has 0 aromatic heterocycles. The van der Waals surface area contributed by atoms with Crippen molar-refractivity contribution in [3.8, 4) is 22.6 Å². The quantitative estimate of drug-likeness (QED) is 0.838. The number of hydrogen-bond acceptors (Lipinski definition) is 3. The SMILES string of the molecule is CCc1ccc(-c2ccc3c(c2)OCCO3)cc1N. The summed E-state index contributed by atoms with van der Waals surface area (Å²) in [6.07, 6.45) is 0.952. The van der Waals surface area contributed by atoms with Crippen LogP contribution in [-0.4, -0.2) is 13.2 Å². The van der Waals surface area contributed by atoms with Gasteiger partial charge in [-0.1, -0.05) is 25.1 Å². The Kier molecular flexibility index (Phi) is 3.03. The molecule has 0 unspecified atom stereocenters. The van der Waals surface area contributed by atoms with Crippen molar-refractivity contribution < 1.29 is 9.47 Å². The summed E-state index contributed by atoms with van der Waals surface area (Å²) in [6, 6.07) is 12.2. The van der Waals surface area contributed by atoms with Gasteiger partial charge in [-0.25, -0.2) is 0 Å². The van der Waals surface area contributed by atoms with Crippen molar-refractivity contribution >= 4 is 5.69 Å². The van der Waals surface area contributed by atoms with E-state index >= 15 is 0 Å². The Morgan fingerprint density at radius 2 is 1.63 bits per heavy atom. The van der Waals surface area contributed by atoms with Crippen LogP contribution < -0.4 is 15.2 Å². The molecule has 1 heterocycles. The molecule has 2 aromatic rings. The molecule has 19 heavy (non-hydrogen) atoms. The van der Waals surface area contributed by atoms with Crippen molar-refractivity contribution in [3.05, 3.63) is 42.0 Å². The fourth-order valence-electron chi connectivity index (χ4n) is 2.32. The smallest absolute Gasteiger partial charge is 0.161 e. The maximum Gasteiger partial charge on any atom is 0.161 e. The van der Waals surface area contributed by atoms with E-state index in [2.05, 4.69) is 19.1 Å². The van der Waals surface area contributed by atoms with Gasteiger partial charge in [-0.3, -0.25) is 0 Å². The second kappa shape index (κ2) is 4.84. The maximum absolute atomic E-state index is 6.05. The fourth-order valence-corrected chi connectivity index (χ4v) is 2.32. The van der Waals surface area contributed by atoms with Gasteiger partial charge in [0, 0.05) is 5.69 Å². The summed E-state index contributed by atoms with van der Waals surface area (Å²) in [5.74, 6) is 1.62. The first-order chi connectivity index (χ1) is 9.28. The van der Waals surface area contributed by atoms with E-state index in [0.29, 0.717) is 13.2 Å². The van der Waals surface area contributed by atoms with Crippen molar-refractivity contribution in [2.75, 3.05) is 18.9 Å². The van der Waals surface area contributed by atoms with Gasteiger partial charge in [-0.05, 0) is 41.3 Å². The lowest BCUT2D eigenvalue weighted by molar-refractivity contribution is 0.171. The molecule has 0 aliphatic carbocycles. The lowest BCUT2D eigenvalue weighted by Crippen LogP contribution is -2.15. The van der Waals surface area contributed by atoms with Crippen LogP contribution in [0.15, 0.2) is 36.4 Å². The minimum absolute atomic E-state index is 0.605. The van der Waals surface area contributed by atoms with Crippen LogP contribution in [0.25, 0.3) is 11.1 Å². The molecule has 0 saturated heterocycles. The number of fused-ring (bicyclic) bond motifs is 1. The molecular formula is C16H17NO2. The zero-order valence-electron chi connectivity index (χ0n) is 11.0. The summed E-state index contributed by atoms with van der Waals surface area (Å²) < 4.78 is 11.1. The van der Waals surface area contributed by atoms with Crippen LogP contribution in [0.3, 0.4) is 0 Å². The van der Waals surface area contributed by atoms with Crippen LogP contribution in [0.5, 0.6) is 11.5 Å². The number of nitrogen functional groups attached to an aromatic ring is 1. The van der Waals surface area contributed by atoms with E-state index in [1.165, 1.54) is 5.56 Å². The van der Waals surface area contributed by atoms with E-state index in [9.17, 15) is 0 Å². The first-order valence-electron chi connectivity index (χ1n) is 6.56. The minimum atomic E-state index is 0.605. The topological polar surface area (TPSA) is 44.5 Å². The molecule has 3 nitrogen and oxygen atoms in total. The highest BCUT2D eigenvalue weighted by molar-refractivity contribution is 5.71. The van der Waals surface area contributed by atoms with Crippen molar-refractivity contribution in [3.63, 3.8) is 0 Å². The molecule has 98 valence electrons. The van der Waals surface area contributed by atoms with Crippen LogP contribution in [-0.2, 0) is 6.42 Å².